The Labute approximate surface area is 103 Å². The molecule has 4 nitrogen and oxygen atoms in total. The number of hydrogen-bond donors (Lipinski definition) is 0. The Kier molecular flexibility index (Phi) is 3.58. The Morgan fingerprint density at radius 1 is 1.35 bits per heavy atom. The lowest BCUT2D eigenvalue weighted by Crippen LogP contribution is -1.92. The quantitative estimate of drug-likeness (QED) is 0.615. The van der Waals surface area contributed by atoms with Crippen LogP contribution in [0.25, 0.3) is 0 Å². The highest BCUT2D eigenvalue weighted by Gasteiger charge is 2.10. The Hall–Kier alpha value is -1.62. The van der Waals surface area contributed by atoms with Crippen molar-refractivity contribution < 1.29 is 9.32 Å². The molecule has 0 saturated heterocycles. The van der Waals surface area contributed by atoms with E-state index in [1.165, 1.54) is 12.5 Å². The number of carbonyl (C=O) groups is 1. The monoisotopic (exact) mass is 248 g/mol. The molecule has 0 bridgehead atoms. The van der Waals surface area contributed by atoms with Gasteiger partial charge in [0.2, 0.25) is 5.78 Å². The van der Waals surface area contributed by atoms with Crippen LogP contribution in [0, 0.1) is 6.92 Å². The molecule has 0 radical (unpaired) electrons. The maximum atomic E-state index is 11.0. The summed E-state index contributed by atoms with van der Waals surface area (Å²) in [7, 11) is 0. The molecule has 1 aromatic carbocycles. The second-order valence-corrected chi connectivity index (χ2v) is 4.72. The minimum Gasteiger partial charge on any atom is -0.331 e. The van der Waals surface area contributed by atoms with E-state index in [0.717, 1.165) is 4.90 Å². The molecule has 5 heteroatoms. The summed E-state index contributed by atoms with van der Waals surface area (Å²) in [4.78, 5) is 16.1. The summed E-state index contributed by atoms with van der Waals surface area (Å²) in [5.41, 5.74) is 1.23. The summed E-state index contributed by atoms with van der Waals surface area (Å²) in [6.07, 6.45) is 0. The van der Waals surface area contributed by atoms with Gasteiger partial charge in [0, 0.05) is 11.8 Å². The molecular formula is C12H12N2O2S. The zero-order valence-corrected chi connectivity index (χ0v) is 10.5. The first-order valence-electron chi connectivity index (χ1n) is 5.18. The van der Waals surface area contributed by atoms with Crippen molar-refractivity contribution >= 4 is 17.5 Å². The molecule has 2 aromatic rings. The van der Waals surface area contributed by atoms with E-state index in [4.69, 9.17) is 4.52 Å². The number of nitrogens with zero attached hydrogens (tertiary/aromatic N) is 2. The molecular weight excluding hydrogens is 236 g/mol. The number of Topliss-reactive ketones (excluding diaryl/α,β-unsaturated/α-hetero) is 1. The van der Waals surface area contributed by atoms with Crippen LogP contribution in [0.2, 0.25) is 0 Å². The van der Waals surface area contributed by atoms with E-state index in [-0.39, 0.29) is 11.7 Å². The predicted molar refractivity (Wildman–Crippen MR) is 65.0 cm³/mol. The van der Waals surface area contributed by atoms with Crippen molar-refractivity contribution in [1.29, 1.82) is 0 Å². The van der Waals surface area contributed by atoms with E-state index in [2.05, 4.69) is 22.3 Å². The van der Waals surface area contributed by atoms with Crippen LogP contribution in [0.15, 0.2) is 33.7 Å². The number of carbonyl (C=O) groups excluding carboxylic acids is 1. The molecule has 88 valence electrons. The summed E-state index contributed by atoms with van der Waals surface area (Å²) in [5.74, 6) is 1.01. The van der Waals surface area contributed by atoms with Crippen molar-refractivity contribution in [3.05, 3.63) is 41.5 Å². The van der Waals surface area contributed by atoms with Gasteiger partial charge in [-0.2, -0.15) is 4.98 Å². The van der Waals surface area contributed by atoms with Gasteiger partial charge in [0.25, 0.3) is 5.89 Å². The average molecular weight is 248 g/mol. The van der Waals surface area contributed by atoms with Gasteiger partial charge >= 0.3 is 0 Å². The molecule has 2 rings (SSSR count). The van der Waals surface area contributed by atoms with Crippen molar-refractivity contribution in [3.8, 4) is 0 Å². The maximum absolute atomic E-state index is 11.0. The van der Waals surface area contributed by atoms with Crippen LogP contribution in [-0.4, -0.2) is 15.9 Å². The number of aromatic nitrogens is 2. The number of rotatable bonds is 4. The number of ketones is 1. The molecule has 1 heterocycles. The van der Waals surface area contributed by atoms with Crippen molar-refractivity contribution in [2.45, 2.75) is 24.5 Å². The van der Waals surface area contributed by atoms with Gasteiger partial charge in [0.05, 0.1) is 5.75 Å². The first kappa shape index (κ1) is 11.9. The molecule has 0 aliphatic heterocycles. The molecule has 0 N–H and O–H groups in total. The van der Waals surface area contributed by atoms with Crippen LogP contribution in [0.5, 0.6) is 0 Å². The number of hydrogen-bond acceptors (Lipinski definition) is 5. The molecule has 0 atom stereocenters. The van der Waals surface area contributed by atoms with Crippen LogP contribution in [-0.2, 0) is 5.75 Å². The Morgan fingerprint density at radius 3 is 2.65 bits per heavy atom. The van der Waals surface area contributed by atoms with Gasteiger partial charge in [-0.3, -0.25) is 4.79 Å². The second kappa shape index (κ2) is 5.14. The van der Waals surface area contributed by atoms with Crippen LogP contribution < -0.4 is 0 Å². The number of aryl methyl sites for hydroxylation is 1. The third-order valence-corrected chi connectivity index (χ3v) is 3.17. The van der Waals surface area contributed by atoms with Gasteiger partial charge in [0.1, 0.15) is 0 Å². The SMILES string of the molecule is CC(=O)c1nc(CSc2ccc(C)cc2)no1. The standard InChI is InChI=1S/C12H12N2O2S/c1-8-3-5-10(6-4-8)17-7-11-13-12(9(2)15)16-14-11/h3-6H,7H2,1-2H3. The van der Waals surface area contributed by atoms with E-state index >= 15 is 0 Å². The fourth-order valence-corrected chi connectivity index (χ4v) is 1.98. The van der Waals surface area contributed by atoms with E-state index in [1.807, 2.05) is 19.1 Å². The minimum absolute atomic E-state index is 0.0736. The fraction of sp³-hybridized carbons (Fsp3) is 0.250. The number of benzene rings is 1. The highest BCUT2D eigenvalue weighted by Crippen LogP contribution is 2.21. The molecule has 1 aromatic heterocycles. The second-order valence-electron chi connectivity index (χ2n) is 3.67. The molecule has 0 aliphatic carbocycles. The zero-order valence-electron chi connectivity index (χ0n) is 9.64. The van der Waals surface area contributed by atoms with Crippen molar-refractivity contribution in [2.75, 3.05) is 0 Å². The highest BCUT2D eigenvalue weighted by molar-refractivity contribution is 7.98. The van der Waals surface area contributed by atoms with Gasteiger partial charge in [-0.25, -0.2) is 0 Å². The molecule has 0 aliphatic rings. The topological polar surface area (TPSA) is 56.0 Å². The van der Waals surface area contributed by atoms with Gasteiger partial charge < -0.3 is 4.52 Å². The van der Waals surface area contributed by atoms with Gasteiger partial charge in [0.15, 0.2) is 5.82 Å². The van der Waals surface area contributed by atoms with Crippen LogP contribution >= 0.6 is 11.8 Å². The minimum atomic E-state index is -0.205. The summed E-state index contributed by atoms with van der Waals surface area (Å²) in [6, 6.07) is 8.21. The molecule has 0 amide bonds. The summed E-state index contributed by atoms with van der Waals surface area (Å²) in [5, 5.41) is 3.74. The lowest BCUT2D eigenvalue weighted by molar-refractivity contribution is 0.0972. The lowest BCUT2D eigenvalue weighted by atomic mass is 10.2. The van der Waals surface area contributed by atoms with E-state index < -0.39 is 0 Å². The number of thioether (sulfide) groups is 1. The lowest BCUT2D eigenvalue weighted by Gasteiger charge is -1.98. The first-order chi connectivity index (χ1) is 8.15. The third kappa shape index (κ3) is 3.17. The summed E-state index contributed by atoms with van der Waals surface area (Å²) in [6.45, 7) is 3.46. The van der Waals surface area contributed by atoms with Crippen LogP contribution in [0.4, 0.5) is 0 Å². The van der Waals surface area contributed by atoms with Crippen molar-refractivity contribution in [2.24, 2.45) is 0 Å². The summed E-state index contributed by atoms with van der Waals surface area (Å²) < 4.78 is 4.81. The maximum Gasteiger partial charge on any atom is 0.293 e. The van der Waals surface area contributed by atoms with Gasteiger partial charge in [-0.1, -0.05) is 22.9 Å². The highest BCUT2D eigenvalue weighted by atomic mass is 32.2. The third-order valence-electron chi connectivity index (χ3n) is 2.16. The fourth-order valence-electron chi connectivity index (χ4n) is 1.24. The normalized spacial score (nSPS) is 10.5. The van der Waals surface area contributed by atoms with Crippen LogP contribution in [0.1, 0.15) is 29.0 Å². The Bertz CT molecular complexity index is 520. The zero-order chi connectivity index (χ0) is 12.3. The van der Waals surface area contributed by atoms with E-state index in [0.29, 0.717) is 11.6 Å². The summed E-state index contributed by atoms with van der Waals surface area (Å²) >= 11 is 1.61. The largest absolute Gasteiger partial charge is 0.331 e. The van der Waals surface area contributed by atoms with Crippen LogP contribution in [0.3, 0.4) is 0 Å². The van der Waals surface area contributed by atoms with Gasteiger partial charge in [-0.05, 0) is 19.1 Å². The average Bonchev–Trinajstić information content (AvgIpc) is 2.77. The molecule has 0 spiro atoms. The van der Waals surface area contributed by atoms with Crippen molar-refractivity contribution in [3.63, 3.8) is 0 Å². The molecule has 0 fully saturated rings. The molecule has 0 saturated carbocycles. The first-order valence-corrected chi connectivity index (χ1v) is 6.16. The van der Waals surface area contributed by atoms with E-state index in [1.54, 1.807) is 11.8 Å². The molecule has 0 unspecified atom stereocenters. The predicted octanol–water partition coefficient (Wildman–Crippen LogP) is 2.87. The van der Waals surface area contributed by atoms with E-state index in [9.17, 15) is 4.79 Å². The van der Waals surface area contributed by atoms with Gasteiger partial charge in [-0.15, -0.1) is 11.8 Å². The Morgan fingerprint density at radius 2 is 2.06 bits per heavy atom. The van der Waals surface area contributed by atoms with Crippen molar-refractivity contribution in [1.82, 2.24) is 10.1 Å². The Balaban J connectivity index is 1.97. The molecule has 17 heavy (non-hydrogen) atoms. The smallest absolute Gasteiger partial charge is 0.293 e.